The number of hydrogen-bond donors (Lipinski definition) is 1. The zero-order valence-corrected chi connectivity index (χ0v) is 12.9. The molecule has 0 heterocycles. The average molecular weight is 279 g/mol. The van der Waals surface area contributed by atoms with Crippen LogP contribution in [-0.4, -0.2) is 18.8 Å². The van der Waals surface area contributed by atoms with Gasteiger partial charge in [-0.05, 0) is 54.8 Å². The first-order chi connectivity index (χ1) is 10.1. The Morgan fingerprint density at radius 3 is 2.43 bits per heavy atom. The lowest BCUT2D eigenvalue weighted by atomic mass is 10.1. The van der Waals surface area contributed by atoms with Gasteiger partial charge in [0.1, 0.15) is 6.61 Å². The average Bonchev–Trinajstić information content (AvgIpc) is 2.44. The molecular formula is C19H21NO. The van der Waals surface area contributed by atoms with Crippen molar-refractivity contribution in [3.63, 3.8) is 0 Å². The summed E-state index contributed by atoms with van der Waals surface area (Å²) in [6.45, 7) is 4.97. The van der Waals surface area contributed by atoms with Crippen molar-refractivity contribution in [2.75, 3.05) is 18.6 Å². The fourth-order valence-corrected chi connectivity index (χ4v) is 2.43. The van der Waals surface area contributed by atoms with Gasteiger partial charge in [-0.2, -0.15) is 0 Å². The van der Waals surface area contributed by atoms with Crippen molar-refractivity contribution in [2.24, 2.45) is 0 Å². The first kappa shape index (κ1) is 15.2. The maximum Gasteiger partial charge on any atom is 0.104 e. The summed E-state index contributed by atoms with van der Waals surface area (Å²) in [6, 6.07) is 14.7. The SMILES string of the molecule is Cc1cc(C)cc(N(C)Cc2cccc(C#CCO)c2)c1. The van der Waals surface area contributed by atoms with Crippen LogP contribution in [0.15, 0.2) is 42.5 Å². The van der Waals surface area contributed by atoms with E-state index >= 15 is 0 Å². The van der Waals surface area contributed by atoms with E-state index in [9.17, 15) is 0 Å². The quantitative estimate of drug-likeness (QED) is 0.872. The number of hydrogen-bond acceptors (Lipinski definition) is 2. The Morgan fingerprint density at radius 2 is 1.76 bits per heavy atom. The molecule has 0 radical (unpaired) electrons. The lowest BCUT2D eigenvalue weighted by Crippen LogP contribution is -2.16. The summed E-state index contributed by atoms with van der Waals surface area (Å²) in [5.74, 6) is 5.63. The summed E-state index contributed by atoms with van der Waals surface area (Å²) in [4.78, 5) is 2.23. The molecule has 0 atom stereocenters. The van der Waals surface area contributed by atoms with E-state index in [0.29, 0.717) is 0 Å². The Labute approximate surface area is 127 Å². The van der Waals surface area contributed by atoms with Crippen LogP contribution in [0.5, 0.6) is 0 Å². The van der Waals surface area contributed by atoms with Gasteiger partial charge < -0.3 is 10.0 Å². The fourth-order valence-electron chi connectivity index (χ4n) is 2.43. The van der Waals surface area contributed by atoms with Gasteiger partial charge in [-0.25, -0.2) is 0 Å². The van der Waals surface area contributed by atoms with Crippen molar-refractivity contribution in [3.8, 4) is 11.8 Å². The Kier molecular flexibility index (Phi) is 5.03. The summed E-state index contributed by atoms with van der Waals surface area (Å²) in [5, 5.41) is 8.76. The molecule has 0 amide bonds. The van der Waals surface area contributed by atoms with E-state index in [1.54, 1.807) is 0 Å². The highest BCUT2D eigenvalue weighted by Gasteiger charge is 2.04. The monoisotopic (exact) mass is 279 g/mol. The molecule has 0 unspecified atom stereocenters. The molecule has 0 spiro atoms. The minimum atomic E-state index is -0.104. The van der Waals surface area contributed by atoms with Gasteiger partial charge in [-0.15, -0.1) is 0 Å². The minimum absolute atomic E-state index is 0.104. The maximum atomic E-state index is 8.76. The summed E-state index contributed by atoms with van der Waals surface area (Å²) >= 11 is 0. The van der Waals surface area contributed by atoms with Crippen molar-refractivity contribution in [3.05, 3.63) is 64.7 Å². The van der Waals surface area contributed by atoms with Crippen molar-refractivity contribution < 1.29 is 5.11 Å². The van der Waals surface area contributed by atoms with Gasteiger partial charge in [0.05, 0.1) is 0 Å². The number of rotatable bonds is 3. The third-order valence-corrected chi connectivity index (χ3v) is 3.31. The molecule has 0 aliphatic rings. The highest BCUT2D eigenvalue weighted by Crippen LogP contribution is 2.19. The second-order valence-electron chi connectivity index (χ2n) is 5.36. The van der Waals surface area contributed by atoms with Gasteiger partial charge in [0.15, 0.2) is 0 Å². The second kappa shape index (κ2) is 6.97. The molecule has 0 saturated heterocycles. The molecule has 21 heavy (non-hydrogen) atoms. The Balaban J connectivity index is 2.17. The second-order valence-corrected chi connectivity index (χ2v) is 5.36. The molecule has 2 aromatic carbocycles. The van der Waals surface area contributed by atoms with E-state index in [0.717, 1.165) is 12.1 Å². The predicted molar refractivity (Wildman–Crippen MR) is 88.4 cm³/mol. The molecule has 0 aliphatic heterocycles. The van der Waals surface area contributed by atoms with Crippen molar-refractivity contribution in [2.45, 2.75) is 20.4 Å². The van der Waals surface area contributed by atoms with Crippen LogP contribution in [-0.2, 0) is 6.54 Å². The van der Waals surface area contributed by atoms with Crippen LogP contribution in [0.3, 0.4) is 0 Å². The first-order valence-electron chi connectivity index (χ1n) is 7.06. The standard InChI is InChI=1S/C19H21NO/c1-15-10-16(2)12-19(11-15)20(3)14-18-7-4-6-17(13-18)8-5-9-21/h4,6-7,10-13,21H,9,14H2,1-3H3. The Morgan fingerprint density at radius 1 is 1.05 bits per heavy atom. The summed E-state index contributed by atoms with van der Waals surface area (Å²) in [7, 11) is 2.10. The highest BCUT2D eigenvalue weighted by atomic mass is 16.2. The van der Waals surface area contributed by atoms with Gasteiger partial charge in [0, 0.05) is 24.8 Å². The largest absolute Gasteiger partial charge is 0.384 e. The van der Waals surface area contributed by atoms with Gasteiger partial charge >= 0.3 is 0 Å². The molecule has 2 heteroatoms. The minimum Gasteiger partial charge on any atom is -0.384 e. The summed E-state index contributed by atoms with van der Waals surface area (Å²) in [6.07, 6.45) is 0. The first-order valence-corrected chi connectivity index (χ1v) is 7.06. The maximum absolute atomic E-state index is 8.76. The summed E-state index contributed by atoms with van der Waals surface area (Å²) in [5.41, 5.74) is 5.93. The molecule has 1 N–H and O–H groups in total. The lowest BCUT2D eigenvalue weighted by Gasteiger charge is -2.20. The summed E-state index contributed by atoms with van der Waals surface area (Å²) < 4.78 is 0. The number of aliphatic hydroxyl groups excluding tert-OH is 1. The molecule has 0 fully saturated rings. The molecule has 0 bridgehead atoms. The van der Waals surface area contributed by atoms with Gasteiger partial charge in [0.2, 0.25) is 0 Å². The van der Waals surface area contributed by atoms with Crippen LogP contribution in [0.25, 0.3) is 0 Å². The van der Waals surface area contributed by atoms with Crippen molar-refractivity contribution in [1.29, 1.82) is 0 Å². The number of benzene rings is 2. The molecule has 2 nitrogen and oxygen atoms in total. The molecule has 0 saturated carbocycles. The topological polar surface area (TPSA) is 23.5 Å². The van der Waals surface area contributed by atoms with E-state index < -0.39 is 0 Å². The van der Waals surface area contributed by atoms with Gasteiger partial charge in [-0.1, -0.05) is 30.0 Å². The third-order valence-electron chi connectivity index (χ3n) is 3.31. The smallest absolute Gasteiger partial charge is 0.104 e. The lowest BCUT2D eigenvalue weighted by molar-refractivity contribution is 0.350. The zero-order valence-electron chi connectivity index (χ0n) is 12.9. The van der Waals surface area contributed by atoms with Crippen LogP contribution >= 0.6 is 0 Å². The van der Waals surface area contributed by atoms with E-state index in [2.05, 4.69) is 68.0 Å². The fraction of sp³-hybridized carbons (Fsp3) is 0.263. The van der Waals surface area contributed by atoms with Crippen LogP contribution in [0.2, 0.25) is 0 Å². The molecule has 0 aromatic heterocycles. The van der Waals surface area contributed by atoms with E-state index in [-0.39, 0.29) is 6.61 Å². The number of aryl methyl sites for hydroxylation is 2. The Bertz CT molecular complexity index is 659. The third kappa shape index (κ3) is 4.37. The van der Waals surface area contributed by atoms with Crippen molar-refractivity contribution in [1.82, 2.24) is 0 Å². The molecule has 2 aromatic rings. The van der Waals surface area contributed by atoms with Gasteiger partial charge in [-0.3, -0.25) is 0 Å². The molecule has 2 rings (SSSR count). The predicted octanol–water partition coefficient (Wildman–Crippen LogP) is 3.28. The van der Waals surface area contributed by atoms with Gasteiger partial charge in [0.25, 0.3) is 0 Å². The van der Waals surface area contributed by atoms with Crippen molar-refractivity contribution >= 4 is 5.69 Å². The molecular weight excluding hydrogens is 258 g/mol. The highest BCUT2D eigenvalue weighted by molar-refractivity contribution is 5.51. The number of anilines is 1. The van der Waals surface area contributed by atoms with E-state index in [1.165, 1.54) is 22.4 Å². The van der Waals surface area contributed by atoms with Crippen LogP contribution in [0.4, 0.5) is 5.69 Å². The van der Waals surface area contributed by atoms with Crippen LogP contribution < -0.4 is 4.90 Å². The van der Waals surface area contributed by atoms with Crippen LogP contribution in [0.1, 0.15) is 22.3 Å². The molecule has 108 valence electrons. The van der Waals surface area contributed by atoms with E-state index in [4.69, 9.17) is 5.11 Å². The van der Waals surface area contributed by atoms with E-state index in [1.807, 2.05) is 12.1 Å². The number of aliphatic hydroxyl groups is 1. The number of nitrogens with zero attached hydrogens (tertiary/aromatic N) is 1. The molecule has 0 aliphatic carbocycles. The zero-order chi connectivity index (χ0) is 15.2. The normalized spacial score (nSPS) is 9.90. The Hall–Kier alpha value is -2.24. The van der Waals surface area contributed by atoms with Crippen LogP contribution in [0, 0.1) is 25.7 Å².